The van der Waals surface area contributed by atoms with Gasteiger partial charge >= 0.3 is 0 Å². The summed E-state index contributed by atoms with van der Waals surface area (Å²) in [7, 11) is 4.02. The fourth-order valence-corrected chi connectivity index (χ4v) is 4.48. The average Bonchev–Trinajstić information content (AvgIpc) is 3.29. The molecule has 0 saturated carbocycles. The predicted octanol–water partition coefficient (Wildman–Crippen LogP) is 2.98. The van der Waals surface area contributed by atoms with Crippen LogP contribution in [0.5, 0.6) is 0 Å². The van der Waals surface area contributed by atoms with Crippen LogP contribution in [0, 0.1) is 0 Å². The fraction of sp³-hybridized carbons (Fsp3) is 0.320. The number of hydrogen-bond donors (Lipinski definition) is 3. The Morgan fingerprint density at radius 1 is 1.09 bits per heavy atom. The molecule has 176 valence electrons. The molecule has 9 heteroatoms. The molecule has 0 radical (unpaired) electrons. The summed E-state index contributed by atoms with van der Waals surface area (Å²) in [6.45, 7) is 4.34. The number of aliphatic hydroxyl groups excluding tert-OH is 1. The van der Waals surface area contributed by atoms with Crippen LogP contribution in [0.4, 0.5) is 17.2 Å². The van der Waals surface area contributed by atoms with Gasteiger partial charge in [0.15, 0.2) is 6.35 Å². The molecular weight excluding hydrogens is 428 g/mol. The van der Waals surface area contributed by atoms with Crippen molar-refractivity contribution < 1.29 is 5.11 Å². The number of aromatic nitrogens is 4. The highest BCUT2D eigenvalue weighted by atomic mass is 16.3. The summed E-state index contributed by atoms with van der Waals surface area (Å²) in [6.07, 6.45) is 4.41. The Bertz CT molecular complexity index is 1240. The highest BCUT2D eigenvalue weighted by molar-refractivity contribution is 5.91. The first-order valence-electron chi connectivity index (χ1n) is 11.5. The summed E-state index contributed by atoms with van der Waals surface area (Å²) in [5.41, 5.74) is 4.88. The van der Waals surface area contributed by atoms with Crippen molar-refractivity contribution in [1.29, 1.82) is 0 Å². The summed E-state index contributed by atoms with van der Waals surface area (Å²) in [5.74, 6) is 0.912. The van der Waals surface area contributed by atoms with Crippen LogP contribution in [0.15, 0.2) is 61.2 Å². The molecule has 2 atom stereocenters. The largest absolute Gasteiger partial charge is 0.378 e. The molecule has 0 aliphatic carbocycles. The monoisotopic (exact) mass is 458 g/mol. The van der Waals surface area contributed by atoms with Gasteiger partial charge in [0.25, 0.3) is 0 Å². The quantitative estimate of drug-likeness (QED) is 0.380. The Morgan fingerprint density at radius 2 is 1.85 bits per heavy atom. The van der Waals surface area contributed by atoms with Crippen LogP contribution in [-0.4, -0.2) is 76.1 Å². The van der Waals surface area contributed by atoms with Gasteiger partial charge in [-0.2, -0.15) is 0 Å². The zero-order chi connectivity index (χ0) is 23.7. The lowest BCUT2D eigenvalue weighted by atomic mass is 10.1. The van der Waals surface area contributed by atoms with E-state index in [2.05, 4.69) is 52.9 Å². The Morgan fingerprint density at radius 3 is 2.56 bits per heavy atom. The summed E-state index contributed by atoms with van der Waals surface area (Å²) in [5, 5.41) is 15.1. The lowest BCUT2D eigenvalue weighted by molar-refractivity contribution is -0.00535. The molecule has 34 heavy (non-hydrogen) atoms. The van der Waals surface area contributed by atoms with Gasteiger partial charge in [-0.25, -0.2) is 9.97 Å². The zero-order valence-corrected chi connectivity index (χ0v) is 19.7. The van der Waals surface area contributed by atoms with Crippen LogP contribution < -0.4 is 15.1 Å². The molecule has 3 N–H and O–H groups in total. The van der Waals surface area contributed by atoms with E-state index < -0.39 is 6.35 Å². The molecule has 4 heterocycles. The first-order valence-corrected chi connectivity index (χ1v) is 11.5. The topological polar surface area (TPSA) is 96.4 Å². The van der Waals surface area contributed by atoms with Gasteiger partial charge in [0.05, 0.1) is 5.39 Å². The summed E-state index contributed by atoms with van der Waals surface area (Å²) < 4.78 is 0. The second kappa shape index (κ2) is 9.28. The minimum Gasteiger partial charge on any atom is -0.378 e. The number of piperazine rings is 1. The van der Waals surface area contributed by atoms with Crippen LogP contribution in [0.1, 0.15) is 6.92 Å². The molecule has 1 aliphatic heterocycles. The number of anilines is 3. The van der Waals surface area contributed by atoms with Gasteiger partial charge < -0.3 is 25.2 Å². The first kappa shape index (κ1) is 22.1. The maximum absolute atomic E-state index is 10.9. The Kier molecular flexibility index (Phi) is 6.04. The maximum Gasteiger partial charge on any atom is 0.184 e. The number of nitrogens with one attached hydrogen (secondary N) is 2. The molecule has 3 aromatic heterocycles. The van der Waals surface area contributed by atoms with Crippen molar-refractivity contribution in [2.75, 3.05) is 48.8 Å². The second-order valence-corrected chi connectivity index (χ2v) is 8.87. The average molecular weight is 459 g/mol. The van der Waals surface area contributed by atoms with Crippen LogP contribution >= 0.6 is 0 Å². The normalized spacial score (nSPS) is 17.6. The van der Waals surface area contributed by atoms with E-state index in [0.29, 0.717) is 6.54 Å². The van der Waals surface area contributed by atoms with Crippen molar-refractivity contribution in [2.45, 2.75) is 19.3 Å². The van der Waals surface area contributed by atoms with Crippen LogP contribution in [0.25, 0.3) is 22.3 Å². The molecule has 9 nitrogen and oxygen atoms in total. The minimum atomic E-state index is -0.765. The van der Waals surface area contributed by atoms with Gasteiger partial charge in [-0.1, -0.05) is 0 Å². The van der Waals surface area contributed by atoms with Crippen LogP contribution in [0.3, 0.4) is 0 Å². The highest BCUT2D eigenvalue weighted by Crippen LogP contribution is 2.30. The summed E-state index contributed by atoms with van der Waals surface area (Å²) in [6, 6.07) is 14.2. The zero-order valence-electron chi connectivity index (χ0n) is 19.7. The molecule has 1 fully saturated rings. The van der Waals surface area contributed by atoms with Crippen LogP contribution in [-0.2, 0) is 0 Å². The number of benzene rings is 1. The van der Waals surface area contributed by atoms with Gasteiger partial charge in [0.1, 0.15) is 17.8 Å². The molecular formula is C25H30N8O. The third-order valence-electron chi connectivity index (χ3n) is 6.37. The Hall–Kier alpha value is -3.69. The number of aromatic amines is 1. The van der Waals surface area contributed by atoms with Gasteiger partial charge in [-0.15, -0.1) is 0 Å². The number of nitrogens with zero attached hydrogens (tertiary/aromatic N) is 6. The van der Waals surface area contributed by atoms with Crippen molar-refractivity contribution in [3.8, 4) is 11.3 Å². The van der Waals surface area contributed by atoms with Crippen LogP contribution in [0.2, 0.25) is 0 Å². The standard InChI is InChI=1S/C25H30N8O/c1-17-15-32(12-13-33(17)25(34)29-19-4-6-20(7-5-19)31(2)3)24-21-14-22(18-8-10-26-11-9-18)30-23(21)27-16-28-24/h4-11,14,16-17,25,29,34H,12-13,15H2,1-3H3,(H,27,28,30)/t17-,25?/m0/s1. The van der Waals surface area contributed by atoms with Gasteiger partial charge in [-0.3, -0.25) is 9.88 Å². The fourth-order valence-electron chi connectivity index (χ4n) is 4.48. The molecule has 1 aromatic carbocycles. The van der Waals surface area contributed by atoms with E-state index in [9.17, 15) is 5.11 Å². The molecule has 0 bridgehead atoms. The van der Waals surface area contributed by atoms with E-state index >= 15 is 0 Å². The van der Waals surface area contributed by atoms with E-state index in [-0.39, 0.29) is 6.04 Å². The van der Waals surface area contributed by atoms with Gasteiger partial charge in [0.2, 0.25) is 0 Å². The SMILES string of the molecule is C[C@H]1CN(c2ncnc3[nH]c(-c4ccncc4)cc23)CCN1C(O)Nc1ccc(N(C)C)cc1. The van der Waals surface area contributed by atoms with Crippen molar-refractivity contribution in [3.63, 3.8) is 0 Å². The second-order valence-electron chi connectivity index (χ2n) is 8.87. The van der Waals surface area contributed by atoms with Crippen molar-refractivity contribution in [2.24, 2.45) is 0 Å². The Labute approximate surface area is 199 Å². The van der Waals surface area contributed by atoms with Crippen molar-refractivity contribution >= 4 is 28.2 Å². The van der Waals surface area contributed by atoms with E-state index in [4.69, 9.17) is 0 Å². The first-order chi connectivity index (χ1) is 16.5. The number of hydrogen-bond acceptors (Lipinski definition) is 8. The third kappa shape index (κ3) is 4.40. The van der Waals surface area contributed by atoms with Gasteiger partial charge in [0, 0.05) is 74.8 Å². The molecule has 0 amide bonds. The van der Waals surface area contributed by atoms with E-state index in [1.165, 1.54) is 0 Å². The minimum absolute atomic E-state index is 0.126. The lowest BCUT2D eigenvalue weighted by Crippen LogP contribution is -2.57. The number of aliphatic hydroxyl groups is 1. The number of rotatable bonds is 6. The Balaban J connectivity index is 1.29. The highest BCUT2D eigenvalue weighted by Gasteiger charge is 2.30. The lowest BCUT2D eigenvalue weighted by Gasteiger charge is -2.42. The number of H-pyrrole nitrogens is 1. The predicted molar refractivity (Wildman–Crippen MR) is 136 cm³/mol. The van der Waals surface area contributed by atoms with Gasteiger partial charge in [-0.05, 0) is 49.4 Å². The summed E-state index contributed by atoms with van der Waals surface area (Å²) in [4.78, 5) is 23.0. The molecule has 1 aliphatic rings. The molecule has 5 rings (SSSR count). The smallest absolute Gasteiger partial charge is 0.184 e. The van der Waals surface area contributed by atoms with E-state index in [1.807, 2.05) is 50.5 Å². The van der Waals surface area contributed by atoms with Crippen molar-refractivity contribution in [1.82, 2.24) is 24.8 Å². The molecule has 1 unspecified atom stereocenters. The molecule has 1 saturated heterocycles. The van der Waals surface area contributed by atoms with Crippen molar-refractivity contribution in [3.05, 3.63) is 61.2 Å². The molecule has 4 aromatic rings. The number of pyridine rings is 1. The maximum atomic E-state index is 10.9. The van der Waals surface area contributed by atoms with E-state index in [0.717, 1.165) is 52.6 Å². The third-order valence-corrected chi connectivity index (χ3v) is 6.37. The summed E-state index contributed by atoms with van der Waals surface area (Å²) >= 11 is 0. The van der Waals surface area contributed by atoms with E-state index in [1.54, 1.807) is 18.7 Å². The number of fused-ring (bicyclic) bond motifs is 1. The molecule has 0 spiro atoms.